The van der Waals surface area contributed by atoms with E-state index in [1.165, 1.54) is 41.2 Å². The van der Waals surface area contributed by atoms with Gasteiger partial charge in [0.15, 0.2) is 0 Å². The molecule has 2 N–H and O–H groups in total. The van der Waals surface area contributed by atoms with E-state index in [1.807, 2.05) is 17.0 Å². The third-order valence-electron chi connectivity index (χ3n) is 7.93. The summed E-state index contributed by atoms with van der Waals surface area (Å²) in [6.07, 6.45) is 6.63. The number of hydrogen-bond donors (Lipinski definition) is 2. The highest BCUT2D eigenvalue weighted by molar-refractivity contribution is 5.94. The molecule has 3 aromatic carbocycles. The van der Waals surface area contributed by atoms with Gasteiger partial charge in [-0.3, -0.25) is 4.79 Å². The first-order chi connectivity index (χ1) is 16.6. The first-order valence-corrected chi connectivity index (χ1v) is 12.9. The number of carbonyl (C=O) groups is 1. The quantitative estimate of drug-likeness (QED) is 0.492. The van der Waals surface area contributed by atoms with Crippen molar-refractivity contribution in [3.8, 4) is 0 Å². The first-order valence-electron chi connectivity index (χ1n) is 12.9. The van der Waals surface area contributed by atoms with Crippen molar-refractivity contribution in [2.24, 2.45) is 0 Å². The SMILES string of the molecule is C[C@@H](NC1CCCC(c2ccc(C(=O)N3CCC[C@H]3CO)cc2)C1)c1cccc2ccccc12. The highest BCUT2D eigenvalue weighted by Gasteiger charge is 2.29. The van der Waals surface area contributed by atoms with Gasteiger partial charge in [-0.25, -0.2) is 0 Å². The van der Waals surface area contributed by atoms with Crippen LogP contribution in [0, 0.1) is 0 Å². The fourth-order valence-corrected chi connectivity index (χ4v) is 6.07. The van der Waals surface area contributed by atoms with E-state index < -0.39 is 0 Å². The van der Waals surface area contributed by atoms with Crippen molar-refractivity contribution in [1.82, 2.24) is 10.2 Å². The predicted molar refractivity (Wildman–Crippen MR) is 138 cm³/mol. The van der Waals surface area contributed by atoms with Gasteiger partial charge in [0, 0.05) is 24.2 Å². The van der Waals surface area contributed by atoms with Crippen LogP contribution in [0.3, 0.4) is 0 Å². The van der Waals surface area contributed by atoms with E-state index in [9.17, 15) is 9.90 Å². The highest BCUT2D eigenvalue weighted by atomic mass is 16.3. The summed E-state index contributed by atoms with van der Waals surface area (Å²) in [7, 11) is 0. The zero-order valence-corrected chi connectivity index (χ0v) is 20.1. The van der Waals surface area contributed by atoms with Crippen molar-refractivity contribution in [2.45, 2.75) is 69.5 Å². The van der Waals surface area contributed by atoms with Gasteiger partial charge in [0.2, 0.25) is 0 Å². The van der Waals surface area contributed by atoms with E-state index in [0.29, 0.717) is 18.0 Å². The summed E-state index contributed by atoms with van der Waals surface area (Å²) in [5.41, 5.74) is 3.44. The van der Waals surface area contributed by atoms with Gasteiger partial charge in [0.1, 0.15) is 0 Å². The molecule has 34 heavy (non-hydrogen) atoms. The Balaban J connectivity index is 1.24. The second-order valence-corrected chi connectivity index (χ2v) is 10.1. The van der Waals surface area contributed by atoms with Crippen molar-refractivity contribution in [1.29, 1.82) is 0 Å². The molecule has 4 atom stereocenters. The standard InChI is InChI=1S/C30H36N2O2/c1-21(28-13-5-8-23-7-2-3-12-29(23)28)31-26-10-4-9-25(19-26)22-14-16-24(17-15-22)30(34)32-18-6-11-27(32)20-33/h2-3,5,7-8,12-17,21,25-27,31,33H,4,6,9-11,18-20H2,1H3/t21-,25?,26?,27+/m1/s1. The highest BCUT2D eigenvalue weighted by Crippen LogP contribution is 2.35. The fourth-order valence-electron chi connectivity index (χ4n) is 6.07. The van der Waals surface area contributed by atoms with Crippen molar-refractivity contribution < 1.29 is 9.90 Å². The Labute approximate surface area is 203 Å². The Morgan fingerprint density at radius 3 is 2.62 bits per heavy atom. The molecular formula is C30H36N2O2. The normalized spacial score (nSPS) is 23.8. The molecule has 1 aliphatic heterocycles. The summed E-state index contributed by atoms with van der Waals surface area (Å²) in [4.78, 5) is 14.7. The second-order valence-electron chi connectivity index (χ2n) is 10.1. The van der Waals surface area contributed by atoms with Crippen LogP contribution in [0.15, 0.2) is 66.7 Å². The van der Waals surface area contributed by atoms with Crippen LogP contribution in [-0.4, -0.2) is 41.1 Å². The van der Waals surface area contributed by atoms with Crippen LogP contribution in [0.1, 0.15) is 78.9 Å². The molecular weight excluding hydrogens is 420 g/mol. The summed E-state index contributed by atoms with van der Waals surface area (Å²) in [6, 6.07) is 24.3. The number of nitrogens with zero attached hydrogens (tertiary/aromatic N) is 1. The van der Waals surface area contributed by atoms with Gasteiger partial charge in [0.25, 0.3) is 5.91 Å². The Kier molecular flexibility index (Phi) is 6.98. The van der Waals surface area contributed by atoms with Crippen LogP contribution in [0.5, 0.6) is 0 Å². The molecule has 0 spiro atoms. The van der Waals surface area contributed by atoms with E-state index in [2.05, 4.69) is 66.8 Å². The molecule has 4 heteroatoms. The van der Waals surface area contributed by atoms with Crippen LogP contribution in [-0.2, 0) is 0 Å². The van der Waals surface area contributed by atoms with Gasteiger partial charge in [-0.1, -0.05) is 61.0 Å². The lowest BCUT2D eigenvalue weighted by molar-refractivity contribution is 0.0677. The smallest absolute Gasteiger partial charge is 0.254 e. The topological polar surface area (TPSA) is 52.6 Å². The van der Waals surface area contributed by atoms with Gasteiger partial charge in [-0.2, -0.15) is 0 Å². The summed E-state index contributed by atoms with van der Waals surface area (Å²) < 4.78 is 0. The maximum Gasteiger partial charge on any atom is 0.254 e. The number of aliphatic hydroxyl groups excluding tert-OH is 1. The molecule has 1 saturated heterocycles. The van der Waals surface area contributed by atoms with Gasteiger partial charge >= 0.3 is 0 Å². The summed E-state index contributed by atoms with van der Waals surface area (Å²) >= 11 is 0. The van der Waals surface area contributed by atoms with Crippen LogP contribution in [0.2, 0.25) is 0 Å². The minimum atomic E-state index is -0.0268. The van der Waals surface area contributed by atoms with Gasteiger partial charge in [0.05, 0.1) is 12.6 Å². The molecule has 1 heterocycles. The van der Waals surface area contributed by atoms with Crippen LogP contribution >= 0.6 is 0 Å². The zero-order valence-electron chi connectivity index (χ0n) is 20.1. The predicted octanol–water partition coefficient (Wildman–Crippen LogP) is 5.81. The number of hydrogen-bond acceptors (Lipinski definition) is 3. The number of nitrogens with one attached hydrogen (secondary N) is 1. The largest absolute Gasteiger partial charge is 0.394 e. The number of carbonyl (C=O) groups excluding carboxylic acids is 1. The maximum atomic E-state index is 12.9. The Bertz CT molecular complexity index is 1120. The van der Waals surface area contributed by atoms with Gasteiger partial charge in [-0.15, -0.1) is 0 Å². The van der Waals surface area contributed by atoms with Crippen molar-refractivity contribution in [2.75, 3.05) is 13.2 Å². The Hall–Kier alpha value is -2.69. The third-order valence-corrected chi connectivity index (χ3v) is 7.93. The number of aliphatic hydroxyl groups is 1. The van der Waals surface area contributed by atoms with Crippen molar-refractivity contribution in [3.05, 3.63) is 83.4 Å². The lowest BCUT2D eigenvalue weighted by Crippen LogP contribution is -2.37. The zero-order chi connectivity index (χ0) is 23.5. The maximum absolute atomic E-state index is 12.9. The second kappa shape index (κ2) is 10.3. The third kappa shape index (κ3) is 4.75. The summed E-state index contributed by atoms with van der Waals surface area (Å²) in [5, 5.41) is 16.1. The molecule has 1 saturated carbocycles. The lowest BCUT2D eigenvalue weighted by atomic mass is 9.80. The lowest BCUT2D eigenvalue weighted by Gasteiger charge is -2.33. The van der Waals surface area contributed by atoms with Crippen LogP contribution in [0.4, 0.5) is 0 Å². The molecule has 2 aliphatic rings. The van der Waals surface area contributed by atoms with Crippen molar-refractivity contribution in [3.63, 3.8) is 0 Å². The average molecular weight is 457 g/mol. The van der Waals surface area contributed by atoms with E-state index in [1.54, 1.807) is 0 Å². The first kappa shape index (κ1) is 23.1. The van der Waals surface area contributed by atoms with Crippen LogP contribution in [0.25, 0.3) is 10.8 Å². The summed E-state index contributed by atoms with van der Waals surface area (Å²) in [6.45, 7) is 3.08. The number of benzene rings is 3. The van der Waals surface area contributed by atoms with Gasteiger partial charge in [-0.05, 0) is 79.0 Å². The molecule has 4 nitrogen and oxygen atoms in total. The molecule has 1 aliphatic carbocycles. The molecule has 2 unspecified atom stereocenters. The monoisotopic (exact) mass is 456 g/mol. The minimum absolute atomic E-state index is 0.0268. The molecule has 0 radical (unpaired) electrons. The van der Waals surface area contributed by atoms with E-state index in [4.69, 9.17) is 0 Å². The fraction of sp³-hybridized carbons (Fsp3) is 0.433. The molecule has 0 aromatic heterocycles. The van der Waals surface area contributed by atoms with E-state index in [0.717, 1.165) is 31.4 Å². The summed E-state index contributed by atoms with van der Waals surface area (Å²) in [5.74, 6) is 0.572. The number of rotatable bonds is 6. The molecule has 1 amide bonds. The molecule has 0 bridgehead atoms. The molecule has 2 fully saturated rings. The number of amides is 1. The van der Waals surface area contributed by atoms with E-state index in [-0.39, 0.29) is 18.6 Å². The van der Waals surface area contributed by atoms with E-state index >= 15 is 0 Å². The molecule has 3 aromatic rings. The van der Waals surface area contributed by atoms with Crippen molar-refractivity contribution >= 4 is 16.7 Å². The average Bonchev–Trinajstić information content (AvgIpc) is 3.37. The van der Waals surface area contributed by atoms with Gasteiger partial charge < -0.3 is 15.3 Å². The number of fused-ring (bicyclic) bond motifs is 1. The number of likely N-dealkylation sites (tertiary alicyclic amines) is 1. The minimum Gasteiger partial charge on any atom is -0.394 e. The molecule has 178 valence electrons. The Morgan fingerprint density at radius 1 is 1.00 bits per heavy atom. The Morgan fingerprint density at radius 2 is 1.79 bits per heavy atom. The van der Waals surface area contributed by atoms with Crippen LogP contribution < -0.4 is 5.32 Å². The molecule has 5 rings (SSSR count).